The minimum absolute atomic E-state index is 0.0269. The fourth-order valence-corrected chi connectivity index (χ4v) is 1.97. The molecule has 0 aliphatic heterocycles. The van der Waals surface area contributed by atoms with Gasteiger partial charge in [0.05, 0.1) is 19.9 Å². The van der Waals surface area contributed by atoms with Gasteiger partial charge in [0, 0.05) is 5.56 Å². The molecule has 0 aromatic heterocycles. The number of amides is 1. The first kappa shape index (κ1) is 17.3. The average Bonchev–Trinajstić information content (AvgIpc) is 2.60. The average molecular weight is 328 g/mol. The summed E-state index contributed by atoms with van der Waals surface area (Å²) in [4.78, 5) is 11.9. The predicted molar refractivity (Wildman–Crippen MR) is 91.9 cm³/mol. The number of aromatic hydroxyl groups is 1. The lowest BCUT2D eigenvalue weighted by molar-refractivity contribution is 0.0954. The molecule has 0 aliphatic carbocycles. The van der Waals surface area contributed by atoms with Crippen LogP contribution in [0.4, 0.5) is 0 Å². The third-order valence-corrected chi connectivity index (χ3v) is 3.14. The Labute approximate surface area is 140 Å². The van der Waals surface area contributed by atoms with E-state index in [0.29, 0.717) is 23.7 Å². The lowest BCUT2D eigenvalue weighted by atomic mass is 10.2. The third kappa shape index (κ3) is 4.74. The van der Waals surface area contributed by atoms with Gasteiger partial charge in [-0.1, -0.05) is 13.0 Å². The largest absolute Gasteiger partial charge is 0.508 e. The van der Waals surface area contributed by atoms with Gasteiger partial charge in [-0.15, -0.1) is 0 Å². The van der Waals surface area contributed by atoms with E-state index in [1.54, 1.807) is 31.4 Å². The number of carbonyl (C=O) groups is 1. The van der Waals surface area contributed by atoms with Crippen LogP contribution in [0.15, 0.2) is 47.6 Å². The smallest absolute Gasteiger partial charge is 0.271 e. The van der Waals surface area contributed by atoms with Crippen LogP contribution in [0.5, 0.6) is 17.2 Å². The van der Waals surface area contributed by atoms with Crippen LogP contribution in [-0.2, 0) is 0 Å². The molecule has 0 aliphatic rings. The van der Waals surface area contributed by atoms with Crippen LogP contribution >= 0.6 is 0 Å². The first-order valence-corrected chi connectivity index (χ1v) is 7.57. The molecule has 2 N–H and O–H groups in total. The molecule has 0 atom stereocenters. The second-order valence-corrected chi connectivity index (χ2v) is 5.01. The summed E-state index contributed by atoms with van der Waals surface area (Å²) in [6.07, 6.45) is 2.42. The maximum atomic E-state index is 11.9. The Kier molecular flexibility index (Phi) is 6.19. The van der Waals surface area contributed by atoms with Crippen molar-refractivity contribution >= 4 is 12.1 Å². The number of nitrogens with zero attached hydrogens (tertiary/aromatic N) is 1. The number of benzene rings is 2. The number of nitrogens with one attached hydrogen (secondary N) is 1. The summed E-state index contributed by atoms with van der Waals surface area (Å²) < 4.78 is 10.9. The molecular weight excluding hydrogens is 308 g/mol. The Morgan fingerprint density at radius 1 is 1.25 bits per heavy atom. The van der Waals surface area contributed by atoms with E-state index in [1.165, 1.54) is 18.3 Å². The number of methoxy groups -OCH3 is 1. The van der Waals surface area contributed by atoms with Crippen molar-refractivity contribution in [2.24, 2.45) is 5.10 Å². The van der Waals surface area contributed by atoms with Crippen LogP contribution < -0.4 is 14.9 Å². The zero-order valence-corrected chi connectivity index (χ0v) is 13.7. The highest BCUT2D eigenvalue weighted by atomic mass is 16.5. The number of hydrogen-bond acceptors (Lipinski definition) is 5. The van der Waals surface area contributed by atoms with E-state index in [-0.39, 0.29) is 5.75 Å². The van der Waals surface area contributed by atoms with Gasteiger partial charge in [-0.05, 0) is 48.4 Å². The van der Waals surface area contributed by atoms with Gasteiger partial charge in [0.25, 0.3) is 5.91 Å². The van der Waals surface area contributed by atoms with Gasteiger partial charge in [-0.3, -0.25) is 4.79 Å². The van der Waals surface area contributed by atoms with Crippen LogP contribution in [0, 0.1) is 0 Å². The normalized spacial score (nSPS) is 10.6. The summed E-state index contributed by atoms with van der Waals surface area (Å²) in [6, 6.07) is 11.4. The van der Waals surface area contributed by atoms with Gasteiger partial charge in [-0.2, -0.15) is 5.10 Å². The van der Waals surface area contributed by atoms with Crippen LogP contribution in [0.3, 0.4) is 0 Å². The van der Waals surface area contributed by atoms with Gasteiger partial charge in [0.2, 0.25) is 0 Å². The fourth-order valence-electron chi connectivity index (χ4n) is 1.97. The molecule has 0 saturated heterocycles. The molecule has 0 fully saturated rings. The van der Waals surface area contributed by atoms with Gasteiger partial charge in [-0.25, -0.2) is 5.43 Å². The number of hydrogen-bond donors (Lipinski definition) is 2. The van der Waals surface area contributed by atoms with Crippen molar-refractivity contribution in [1.82, 2.24) is 5.43 Å². The van der Waals surface area contributed by atoms with Gasteiger partial charge < -0.3 is 14.6 Å². The highest BCUT2D eigenvalue weighted by Crippen LogP contribution is 2.27. The van der Waals surface area contributed by atoms with E-state index in [2.05, 4.69) is 10.5 Å². The molecule has 0 unspecified atom stereocenters. The second-order valence-electron chi connectivity index (χ2n) is 5.01. The van der Waals surface area contributed by atoms with E-state index in [0.717, 1.165) is 12.0 Å². The minimum atomic E-state index is -0.406. The molecule has 2 aromatic rings. The van der Waals surface area contributed by atoms with Crippen molar-refractivity contribution in [3.8, 4) is 17.2 Å². The maximum absolute atomic E-state index is 11.9. The summed E-state index contributed by atoms with van der Waals surface area (Å²) in [5.74, 6) is 0.892. The molecule has 126 valence electrons. The molecule has 24 heavy (non-hydrogen) atoms. The van der Waals surface area contributed by atoms with Crippen molar-refractivity contribution in [2.45, 2.75) is 13.3 Å². The Balaban J connectivity index is 2.02. The van der Waals surface area contributed by atoms with Crippen LogP contribution in [0.25, 0.3) is 0 Å². The standard InChI is InChI=1S/C18H20N2O4/c1-3-9-24-16-8-7-13(10-17(16)23-2)12-19-20-18(22)14-5-4-6-15(21)11-14/h4-8,10-12,21H,3,9H2,1-2H3,(H,20,22)/b19-12+. The minimum Gasteiger partial charge on any atom is -0.508 e. The first-order valence-electron chi connectivity index (χ1n) is 7.57. The second kappa shape index (κ2) is 8.57. The molecular formula is C18H20N2O4. The molecule has 2 aromatic carbocycles. The number of rotatable bonds is 7. The molecule has 0 saturated carbocycles. The van der Waals surface area contributed by atoms with Crippen molar-refractivity contribution in [3.63, 3.8) is 0 Å². The lowest BCUT2D eigenvalue weighted by Crippen LogP contribution is -2.17. The van der Waals surface area contributed by atoms with Crippen LogP contribution in [0.2, 0.25) is 0 Å². The summed E-state index contributed by atoms with van der Waals surface area (Å²) in [7, 11) is 1.57. The SMILES string of the molecule is CCCOc1ccc(/C=N/NC(=O)c2cccc(O)c2)cc1OC. The molecule has 2 rings (SSSR count). The van der Waals surface area contributed by atoms with Crippen molar-refractivity contribution in [2.75, 3.05) is 13.7 Å². The van der Waals surface area contributed by atoms with Crippen molar-refractivity contribution < 1.29 is 19.4 Å². The number of hydrazone groups is 1. The topological polar surface area (TPSA) is 80.2 Å². The Morgan fingerprint density at radius 3 is 2.79 bits per heavy atom. The highest BCUT2D eigenvalue weighted by Gasteiger charge is 2.06. The summed E-state index contributed by atoms with van der Waals surface area (Å²) in [5, 5.41) is 13.3. The van der Waals surface area contributed by atoms with Crippen molar-refractivity contribution in [3.05, 3.63) is 53.6 Å². The zero-order valence-electron chi connectivity index (χ0n) is 13.7. The Bertz CT molecular complexity index is 729. The first-order chi connectivity index (χ1) is 11.6. The molecule has 6 nitrogen and oxygen atoms in total. The molecule has 0 heterocycles. The Morgan fingerprint density at radius 2 is 2.08 bits per heavy atom. The maximum Gasteiger partial charge on any atom is 0.271 e. The third-order valence-electron chi connectivity index (χ3n) is 3.14. The number of carbonyl (C=O) groups excluding carboxylic acids is 1. The zero-order chi connectivity index (χ0) is 17.4. The van der Waals surface area contributed by atoms with E-state index < -0.39 is 5.91 Å². The van der Waals surface area contributed by atoms with Gasteiger partial charge in [0.1, 0.15) is 5.75 Å². The molecule has 0 bridgehead atoms. The monoisotopic (exact) mass is 328 g/mol. The molecule has 0 spiro atoms. The summed E-state index contributed by atoms with van der Waals surface area (Å²) >= 11 is 0. The Hall–Kier alpha value is -3.02. The van der Waals surface area contributed by atoms with E-state index in [1.807, 2.05) is 13.0 Å². The number of ether oxygens (including phenoxy) is 2. The van der Waals surface area contributed by atoms with Gasteiger partial charge in [0.15, 0.2) is 11.5 Å². The number of phenolic OH excluding ortho intramolecular Hbond substituents is 1. The van der Waals surface area contributed by atoms with E-state index >= 15 is 0 Å². The van der Waals surface area contributed by atoms with Gasteiger partial charge >= 0.3 is 0 Å². The predicted octanol–water partition coefficient (Wildman–Crippen LogP) is 2.95. The number of phenols is 1. The van der Waals surface area contributed by atoms with Crippen LogP contribution in [0.1, 0.15) is 29.3 Å². The summed E-state index contributed by atoms with van der Waals surface area (Å²) in [5.41, 5.74) is 3.49. The van der Waals surface area contributed by atoms with Crippen LogP contribution in [-0.4, -0.2) is 30.9 Å². The summed E-state index contributed by atoms with van der Waals surface area (Å²) in [6.45, 7) is 2.65. The van der Waals surface area contributed by atoms with E-state index in [9.17, 15) is 9.90 Å². The molecule has 6 heteroatoms. The molecule has 1 amide bonds. The fraction of sp³-hybridized carbons (Fsp3) is 0.222. The van der Waals surface area contributed by atoms with E-state index in [4.69, 9.17) is 9.47 Å². The van der Waals surface area contributed by atoms with Crippen molar-refractivity contribution in [1.29, 1.82) is 0 Å². The lowest BCUT2D eigenvalue weighted by Gasteiger charge is -2.10. The highest BCUT2D eigenvalue weighted by molar-refractivity contribution is 5.95. The molecule has 0 radical (unpaired) electrons. The quantitative estimate of drug-likeness (QED) is 0.605.